The van der Waals surface area contributed by atoms with Gasteiger partial charge in [-0.1, -0.05) is 0 Å². The molecule has 5 heterocycles. The number of ether oxygens (including phenoxy) is 1. The van der Waals surface area contributed by atoms with Gasteiger partial charge in [0.2, 0.25) is 0 Å². The highest BCUT2D eigenvalue weighted by molar-refractivity contribution is 7.16. The van der Waals surface area contributed by atoms with Crippen LogP contribution in [0.15, 0.2) is 24.3 Å². The van der Waals surface area contributed by atoms with Gasteiger partial charge in [0.15, 0.2) is 5.65 Å². The van der Waals surface area contributed by atoms with Gasteiger partial charge in [0.25, 0.3) is 0 Å². The molecule has 1 fully saturated rings. The van der Waals surface area contributed by atoms with Gasteiger partial charge in [-0.15, -0.1) is 11.3 Å². The smallest absolute Gasteiger partial charge is 0.410 e. The third-order valence-corrected chi connectivity index (χ3v) is 8.53. The average molecular weight is 591 g/mol. The average Bonchev–Trinajstić information content (AvgIpc) is 3.54. The number of benzene rings is 1. The van der Waals surface area contributed by atoms with Gasteiger partial charge in [-0.25, -0.2) is 23.7 Å². The number of amides is 1. The molecule has 42 heavy (non-hydrogen) atoms. The molecule has 6 rings (SSSR count). The number of aromatic nitrogens is 4. The molecule has 0 unspecified atom stereocenters. The number of halogens is 1. The number of hydrogen-bond donors (Lipinski definition) is 1. The van der Waals surface area contributed by atoms with E-state index < -0.39 is 5.60 Å². The van der Waals surface area contributed by atoms with E-state index in [-0.39, 0.29) is 18.1 Å². The largest absolute Gasteiger partial charge is 0.444 e. The Kier molecular flexibility index (Phi) is 7.92. The lowest BCUT2D eigenvalue weighted by Gasteiger charge is -2.37. The van der Waals surface area contributed by atoms with E-state index in [0.29, 0.717) is 47.3 Å². The molecule has 12 heteroatoms. The summed E-state index contributed by atoms with van der Waals surface area (Å²) in [6.45, 7) is 10.1. The number of thiazole rings is 1. The number of nitrogens with zero attached hydrogens (tertiary/aromatic N) is 7. The van der Waals surface area contributed by atoms with Crippen LogP contribution in [-0.4, -0.2) is 62.4 Å². The van der Waals surface area contributed by atoms with Crippen LogP contribution in [0.4, 0.5) is 15.0 Å². The van der Waals surface area contributed by atoms with E-state index in [1.165, 1.54) is 29.0 Å². The number of fused-ring (bicyclic) bond motifs is 2. The first-order valence-corrected chi connectivity index (χ1v) is 14.8. The molecule has 220 valence electrons. The summed E-state index contributed by atoms with van der Waals surface area (Å²) in [5, 5.41) is 15.6. The van der Waals surface area contributed by atoms with Gasteiger partial charge in [-0.2, -0.15) is 10.4 Å². The lowest BCUT2D eigenvalue weighted by molar-refractivity contribution is 0.0240. The zero-order valence-corrected chi connectivity index (χ0v) is 25.2. The summed E-state index contributed by atoms with van der Waals surface area (Å²) < 4.78 is 21.1. The molecule has 4 aromatic rings. The molecule has 0 atom stereocenters. The quantitative estimate of drug-likeness (QED) is 0.310. The minimum Gasteiger partial charge on any atom is -0.444 e. The normalized spacial score (nSPS) is 15.2. The summed E-state index contributed by atoms with van der Waals surface area (Å²) in [6.07, 6.45) is 3.39. The van der Waals surface area contributed by atoms with Crippen LogP contribution in [0.1, 0.15) is 55.4 Å². The molecule has 1 saturated heterocycles. The van der Waals surface area contributed by atoms with Crippen molar-refractivity contribution in [1.82, 2.24) is 30.6 Å². The van der Waals surface area contributed by atoms with Crippen LogP contribution in [0.5, 0.6) is 0 Å². The Morgan fingerprint density at radius 3 is 2.43 bits per heavy atom. The highest BCUT2D eigenvalue weighted by Crippen LogP contribution is 2.39. The Bertz CT molecular complexity index is 1670. The molecular formula is C30H35FN8O2S. The van der Waals surface area contributed by atoms with Crippen LogP contribution in [0.25, 0.3) is 27.5 Å². The van der Waals surface area contributed by atoms with Crippen molar-refractivity contribution < 1.29 is 13.9 Å². The van der Waals surface area contributed by atoms with Gasteiger partial charge in [0.1, 0.15) is 33.2 Å². The van der Waals surface area contributed by atoms with Crippen LogP contribution in [0.2, 0.25) is 0 Å². The number of carbonyl (C=O) groups excluding carboxylic acids is 1. The number of aryl methyl sites for hydroxylation is 2. The van der Waals surface area contributed by atoms with Crippen LogP contribution < -0.4 is 11.1 Å². The minimum absolute atomic E-state index is 0. The molecule has 2 aliphatic heterocycles. The first-order valence-electron chi connectivity index (χ1n) is 13.9. The maximum atomic E-state index is 13.6. The summed E-state index contributed by atoms with van der Waals surface area (Å²) in [7, 11) is 0. The van der Waals surface area contributed by atoms with Crippen molar-refractivity contribution in [1.29, 1.82) is 5.26 Å². The lowest BCUT2D eigenvalue weighted by Crippen LogP contribution is -2.50. The Labute approximate surface area is 248 Å². The van der Waals surface area contributed by atoms with Crippen molar-refractivity contribution in [2.24, 2.45) is 0 Å². The molecule has 0 radical (unpaired) electrons. The summed E-state index contributed by atoms with van der Waals surface area (Å²) in [4.78, 5) is 27.2. The lowest BCUT2D eigenvalue weighted by atomic mass is 10.0. The number of hydrogen-bond acceptors (Lipinski definition) is 9. The van der Waals surface area contributed by atoms with E-state index in [1.807, 2.05) is 25.3 Å². The van der Waals surface area contributed by atoms with E-state index in [1.54, 1.807) is 17.0 Å². The molecular weight excluding hydrogens is 555 g/mol. The third kappa shape index (κ3) is 5.42. The van der Waals surface area contributed by atoms with Gasteiger partial charge < -0.3 is 20.7 Å². The fourth-order valence-electron chi connectivity index (χ4n) is 5.52. The van der Waals surface area contributed by atoms with Gasteiger partial charge in [0.05, 0.1) is 17.0 Å². The van der Waals surface area contributed by atoms with Crippen LogP contribution >= 0.6 is 11.3 Å². The first-order chi connectivity index (χ1) is 19.6. The van der Waals surface area contributed by atoms with Crippen LogP contribution in [0.3, 0.4) is 0 Å². The molecule has 0 aliphatic carbocycles. The van der Waals surface area contributed by atoms with Crippen LogP contribution in [-0.2, 0) is 17.6 Å². The minimum atomic E-state index is -0.535. The fraction of sp³-hybridized carbons (Fsp3) is 0.433. The van der Waals surface area contributed by atoms with Gasteiger partial charge in [-0.3, -0.25) is 0 Å². The highest BCUT2D eigenvalue weighted by atomic mass is 32.1. The van der Waals surface area contributed by atoms with Crippen molar-refractivity contribution in [2.45, 2.75) is 59.0 Å². The van der Waals surface area contributed by atoms with Crippen LogP contribution in [0, 0.1) is 24.1 Å². The Hall–Kier alpha value is -4.08. The zero-order chi connectivity index (χ0) is 28.9. The molecule has 3 bridgehead atoms. The molecule has 1 amide bonds. The molecule has 3 aromatic heterocycles. The number of carbonyl (C=O) groups is 1. The Morgan fingerprint density at radius 1 is 1.07 bits per heavy atom. The van der Waals surface area contributed by atoms with E-state index in [4.69, 9.17) is 19.8 Å². The molecule has 0 saturated carbocycles. The molecule has 1 aromatic carbocycles. The number of rotatable bonds is 3. The predicted molar refractivity (Wildman–Crippen MR) is 161 cm³/mol. The second kappa shape index (κ2) is 11.3. The maximum Gasteiger partial charge on any atom is 0.410 e. The molecule has 3 N–H and O–H groups in total. The SMILES string of the molecule is Cc1c2c(N3CCN(C(=O)OC(C)(C)C)CC3)nc3c(-c4nc(-c5ccc(F)cc5)c(C#N)s4)c(nn13)CCCC2.N. The fourth-order valence-corrected chi connectivity index (χ4v) is 6.47. The van der Waals surface area contributed by atoms with E-state index in [2.05, 4.69) is 17.9 Å². The number of nitriles is 1. The predicted octanol–water partition coefficient (Wildman–Crippen LogP) is 5.94. The highest BCUT2D eigenvalue weighted by Gasteiger charge is 2.30. The summed E-state index contributed by atoms with van der Waals surface area (Å²) >= 11 is 1.32. The Balaban J connectivity index is 0.00000353. The first kappa shape index (κ1) is 29.4. The van der Waals surface area contributed by atoms with E-state index in [0.717, 1.165) is 54.1 Å². The summed E-state index contributed by atoms with van der Waals surface area (Å²) in [5.74, 6) is 0.585. The number of anilines is 1. The topological polar surface area (TPSA) is 135 Å². The molecule has 2 aliphatic rings. The van der Waals surface area contributed by atoms with Crippen molar-refractivity contribution in [3.8, 4) is 27.9 Å². The van der Waals surface area contributed by atoms with Crippen molar-refractivity contribution in [3.63, 3.8) is 0 Å². The van der Waals surface area contributed by atoms with Gasteiger partial charge >= 0.3 is 6.09 Å². The van der Waals surface area contributed by atoms with E-state index >= 15 is 0 Å². The van der Waals surface area contributed by atoms with Crippen molar-refractivity contribution in [3.05, 3.63) is 51.9 Å². The Morgan fingerprint density at radius 2 is 1.76 bits per heavy atom. The maximum absolute atomic E-state index is 13.6. The van der Waals surface area contributed by atoms with Crippen molar-refractivity contribution in [2.75, 3.05) is 31.1 Å². The summed E-state index contributed by atoms with van der Waals surface area (Å²) in [6, 6.07) is 8.33. The van der Waals surface area contributed by atoms with Crippen molar-refractivity contribution >= 4 is 28.9 Å². The second-order valence-corrected chi connectivity index (χ2v) is 12.5. The van der Waals surface area contributed by atoms with Gasteiger partial charge in [-0.05, 0) is 77.6 Å². The zero-order valence-electron chi connectivity index (χ0n) is 24.4. The standard InChI is InChI=1S/C30H32FN7O2S.H3N/c1-18-21-7-5-6-8-22-24(28-33-25(23(17-32)41-28)19-9-11-20(31)12-10-19)27(38(18)35-22)34-26(21)36-13-15-37(16-14-36)29(39)40-30(2,3)4;/h9-12H,5-8,13-16H2,1-4H3;1H3. The second-order valence-electron chi connectivity index (χ2n) is 11.5. The number of piperazine rings is 1. The molecule has 0 spiro atoms. The van der Waals surface area contributed by atoms with Gasteiger partial charge in [0, 0.05) is 43.0 Å². The third-order valence-electron chi connectivity index (χ3n) is 7.55. The molecule has 10 nitrogen and oxygen atoms in total. The summed E-state index contributed by atoms with van der Waals surface area (Å²) in [5.41, 5.74) is 5.41. The van der Waals surface area contributed by atoms with E-state index in [9.17, 15) is 14.4 Å². The monoisotopic (exact) mass is 590 g/mol.